The number of anilines is 1. The zero-order chi connectivity index (χ0) is 13.2. The van der Waals surface area contributed by atoms with Gasteiger partial charge in [-0.25, -0.2) is 13.4 Å². The van der Waals surface area contributed by atoms with Crippen LogP contribution in [0.3, 0.4) is 0 Å². The molecule has 0 radical (unpaired) electrons. The number of hydroxylamine groups is 1. The first-order chi connectivity index (χ1) is 8.54. The second-order valence-electron chi connectivity index (χ2n) is 3.85. The summed E-state index contributed by atoms with van der Waals surface area (Å²) in [5, 5.41) is 2.91. The lowest BCUT2D eigenvalue weighted by Gasteiger charge is -2.14. The van der Waals surface area contributed by atoms with Gasteiger partial charge in [0.25, 0.3) is 10.0 Å². The van der Waals surface area contributed by atoms with Crippen molar-refractivity contribution < 1.29 is 13.3 Å². The highest BCUT2D eigenvalue weighted by molar-refractivity contribution is 7.89. The normalized spacial score (nSPS) is 21.1. The number of nitrogens with zero attached hydrogens (tertiary/aromatic N) is 2. The van der Waals surface area contributed by atoms with E-state index in [4.69, 9.17) is 4.84 Å². The molecule has 1 aromatic rings. The van der Waals surface area contributed by atoms with Crippen molar-refractivity contribution in [2.45, 2.75) is 17.1 Å². The van der Waals surface area contributed by atoms with E-state index < -0.39 is 10.0 Å². The van der Waals surface area contributed by atoms with Crippen molar-refractivity contribution in [1.82, 2.24) is 9.45 Å². The van der Waals surface area contributed by atoms with E-state index in [-0.39, 0.29) is 16.7 Å². The first kappa shape index (κ1) is 13.6. The average Bonchev–Trinajstić information content (AvgIpc) is 2.78. The third-order valence-corrected chi connectivity index (χ3v) is 4.37. The van der Waals surface area contributed by atoms with Crippen LogP contribution in [0.1, 0.15) is 6.92 Å². The molecule has 2 rings (SSSR count). The number of nitrogens with one attached hydrogen (secondary N) is 1. The predicted octanol–water partition coefficient (Wildman–Crippen LogP) is 0.748. The number of pyridine rings is 1. The van der Waals surface area contributed by atoms with Gasteiger partial charge < -0.3 is 5.32 Å². The van der Waals surface area contributed by atoms with Gasteiger partial charge >= 0.3 is 0 Å². The fraction of sp³-hybridized carbons (Fsp3) is 0.500. The maximum absolute atomic E-state index is 12.2. The van der Waals surface area contributed by atoms with Gasteiger partial charge in [0.05, 0.1) is 13.2 Å². The van der Waals surface area contributed by atoms with Crippen molar-refractivity contribution in [3.05, 3.63) is 18.3 Å². The highest BCUT2D eigenvalue weighted by Crippen LogP contribution is 2.21. The van der Waals surface area contributed by atoms with Crippen LogP contribution in [-0.4, -0.2) is 42.8 Å². The first-order valence-corrected chi connectivity index (χ1v) is 7.53. The average molecular weight is 289 g/mol. The predicted molar refractivity (Wildman–Crippen MR) is 71.0 cm³/mol. The Morgan fingerprint density at radius 1 is 1.61 bits per heavy atom. The highest BCUT2D eigenvalue weighted by Gasteiger charge is 2.32. The highest BCUT2D eigenvalue weighted by atomic mass is 32.2. The molecule has 0 saturated carbocycles. The minimum Gasteiger partial charge on any atom is -0.370 e. The number of sulfonamides is 1. The molecule has 0 amide bonds. The zero-order valence-electron chi connectivity index (χ0n) is 9.91. The molecule has 0 aliphatic carbocycles. The smallest absolute Gasteiger partial charge is 0.266 e. The third kappa shape index (κ3) is 2.77. The monoisotopic (exact) mass is 289 g/mol. The molecule has 6 nitrogen and oxygen atoms in total. The number of hydrogen-bond donors (Lipinski definition) is 2. The van der Waals surface area contributed by atoms with Crippen molar-refractivity contribution in [3.63, 3.8) is 0 Å². The van der Waals surface area contributed by atoms with Gasteiger partial charge in [-0.1, -0.05) is 4.47 Å². The summed E-state index contributed by atoms with van der Waals surface area (Å²) in [5.41, 5.74) is 0. The second-order valence-corrected chi connectivity index (χ2v) is 6.41. The van der Waals surface area contributed by atoms with E-state index >= 15 is 0 Å². The van der Waals surface area contributed by atoms with Crippen LogP contribution in [0.5, 0.6) is 0 Å². The fourth-order valence-corrected chi connectivity index (χ4v) is 3.11. The first-order valence-electron chi connectivity index (χ1n) is 5.57. The van der Waals surface area contributed by atoms with Gasteiger partial charge in [0.15, 0.2) is 0 Å². The molecule has 8 heteroatoms. The van der Waals surface area contributed by atoms with Gasteiger partial charge in [-0.2, -0.15) is 12.6 Å². The Labute approximate surface area is 112 Å². The van der Waals surface area contributed by atoms with Gasteiger partial charge in [0.1, 0.15) is 10.7 Å². The zero-order valence-corrected chi connectivity index (χ0v) is 11.6. The Kier molecular flexibility index (Phi) is 4.10. The second kappa shape index (κ2) is 5.43. The minimum absolute atomic E-state index is 0.0891. The van der Waals surface area contributed by atoms with Crippen molar-refractivity contribution in [1.29, 1.82) is 0 Å². The van der Waals surface area contributed by atoms with Gasteiger partial charge in [0.2, 0.25) is 0 Å². The van der Waals surface area contributed by atoms with E-state index in [1.807, 2.05) is 6.92 Å². The molecule has 1 unspecified atom stereocenters. The van der Waals surface area contributed by atoms with E-state index in [2.05, 4.69) is 22.9 Å². The molecule has 0 bridgehead atoms. The summed E-state index contributed by atoms with van der Waals surface area (Å²) in [6.45, 7) is 3.22. The summed E-state index contributed by atoms with van der Waals surface area (Å²) in [4.78, 5) is 9.24. The van der Waals surface area contributed by atoms with E-state index in [1.54, 1.807) is 6.07 Å². The van der Waals surface area contributed by atoms with Crippen molar-refractivity contribution in [2.24, 2.45) is 0 Å². The van der Waals surface area contributed by atoms with Crippen LogP contribution in [0.2, 0.25) is 0 Å². The Morgan fingerprint density at radius 3 is 2.89 bits per heavy atom. The van der Waals surface area contributed by atoms with Crippen molar-refractivity contribution in [2.75, 3.05) is 25.0 Å². The molecule has 1 fully saturated rings. The summed E-state index contributed by atoms with van der Waals surface area (Å²) < 4.78 is 25.3. The molecule has 1 saturated heterocycles. The van der Waals surface area contributed by atoms with E-state index in [0.29, 0.717) is 12.4 Å². The maximum Gasteiger partial charge on any atom is 0.266 e. The summed E-state index contributed by atoms with van der Waals surface area (Å²) in [5.74, 6) is 0.644. The van der Waals surface area contributed by atoms with Gasteiger partial charge in [0, 0.05) is 18.0 Å². The molecule has 1 atom stereocenters. The quantitative estimate of drug-likeness (QED) is 0.800. The molecular weight excluding hydrogens is 274 g/mol. The van der Waals surface area contributed by atoms with Crippen LogP contribution < -0.4 is 5.32 Å². The van der Waals surface area contributed by atoms with Crippen LogP contribution in [0, 0.1) is 0 Å². The molecule has 1 aliphatic rings. The lowest BCUT2D eigenvalue weighted by molar-refractivity contribution is -0.0283. The van der Waals surface area contributed by atoms with Gasteiger partial charge in [-0.3, -0.25) is 4.84 Å². The summed E-state index contributed by atoms with van der Waals surface area (Å²) >= 11 is 4.18. The minimum atomic E-state index is -3.63. The Balaban J connectivity index is 2.19. The molecule has 1 N–H and O–H groups in total. The van der Waals surface area contributed by atoms with Crippen LogP contribution >= 0.6 is 12.6 Å². The van der Waals surface area contributed by atoms with E-state index in [0.717, 1.165) is 11.0 Å². The fourth-order valence-electron chi connectivity index (χ4n) is 1.55. The standard InChI is InChI=1S/C10H15N3O3S2/c1-2-11-10-4-3-9(5-12-10)18(14,15)13-6-8(17)7-16-13/h3-5,8,17H,2,6-7H2,1H3,(H,11,12). The van der Waals surface area contributed by atoms with Crippen LogP contribution in [0.4, 0.5) is 5.82 Å². The molecule has 2 heterocycles. The lowest BCUT2D eigenvalue weighted by atomic mass is 10.4. The van der Waals surface area contributed by atoms with E-state index in [1.165, 1.54) is 12.3 Å². The number of aromatic nitrogens is 1. The molecule has 1 aliphatic heterocycles. The molecule has 1 aromatic heterocycles. The third-order valence-electron chi connectivity index (χ3n) is 2.43. The molecule has 0 spiro atoms. The van der Waals surface area contributed by atoms with Gasteiger partial charge in [-0.05, 0) is 19.1 Å². The number of rotatable bonds is 4. The Bertz CT molecular complexity index is 504. The molecular formula is C10H15N3O3S2. The van der Waals surface area contributed by atoms with Crippen molar-refractivity contribution in [3.8, 4) is 0 Å². The van der Waals surface area contributed by atoms with Crippen LogP contribution in [0.15, 0.2) is 23.2 Å². The maximum atomic E-state index is 12.2. The topological polar surface area (TPSA) is 71.5 Å². The summed E-state index contributed by atoms with van der Waals surface area (Å²) in [6.07, 6.45) is 1.32. The summed E-state index contributed by atoms with van der Waals surface area (Å²) in [6, 6.07) is 3.14. The molecule has 100 valence electrons. The van der Waals surface area contributed by atoms with Gasteiger partial charge in [-0.15, -0.1) is 0 Å². The summed E-state index contributed by atoms with van der Waals surface area (Å²) in [7, 11) is -3.63. The van der Waals surface area contributed by atoms with Crippen LogP contribution in [0.25, 0.3) is 0 Å². The lowest BCUT2D eigenvalue weighted by Crippen LogP contribution is -2.28. The molecule has 0 aromatic carbocycles. The largest absolute Gasteiger partial charge is 0.370 e. The van der Waals surface area contributed by atoms with Crippen LogP contribution in [-0.2, 0) is 14.9 Å². The van der Waals surface area contributed by atoms with Crippen molar-refractivity contribution >= 4 is 28.5 Å². The number of hydrogen-bond acceptors (Lipinski definition) is 6. The molecule has 18 heavy (non-hydrogen) atoms. The SMILES string of the molecule is CCNc1ccc(S(=O)(=O)N2CC(S)CO2)cn1. The Morgan fingerprint density at radius 2 is 2.39 bits per heavy atom. The van der Waals surface area contributed by atoms with E-state index in [9.17, 15) is 8.42 Å². The Hall–Kier alpha value is -0.830. The number of thiol groups is 1.